The van der Waals surface area contributed by atoms with Gasteiger partial charge in [0.2, 0.25) is 5.89 Å². The molecule has 1 heterocycles. The van der Waals surface area contributed by atoms with Crippen molar-refractivity contribution < 1.29 is 4.42 Å². The molecule has 1 N–H and O–H groups in total. The van der Waals surface area contributed by atoms with Gasteiger partial charge in [0.1, 0.15) is 5.76 Å². The molecule has 0 amide bonds. The molecule has 0 aromatic carbocycles. The van der Waals surface area contributed by atoms with Crippen LogP contribution in [0.4, 0.5) is 0 Å². The van der Waals surface area contributed by atoms with Crippen molar-refractivity contribution in [2.45, 2.75) is 69.9 Å². The molecular formula is C14H22N2O. The van der Waals surface area contributed by atoms with E-state index in [1.165, 1.54) is 44.9 Å². The molecule has 0 saturated heterocycles. The van der Waals surface area contributed by atoms with Gasteiger partial charge in [-0.2, -0.15) is 0 Å². The molecule has 0 unspecified atom stereocenters. The molecule has 2 saturated carbocycles. The fourth-order valence-electron chi connectivity index (χ4n) is 2.98. The SMILES string of the molecule is CCC1(c2cnc(CNC3CC3)o2)CCCC1. The number of rotatable bonds is 5. The molecule has 0 spiro atoms. The largest absolute Gasteiger partial charge is 0.444 e. The third kappa shape index (κ3) is 2.25. The van der Waals surface area contributed by atoms with E-state index >= 15 is 0 Å². The summed E-state index contributed by atoms with van der Waals surface area (Å²) in [5.41, 5.74) is 0.296. The highest BCUT2D eigenvalue weighted by Crippen LogP contribution is 2.43. The van der Waals surface area contributed by atoms with Gasteiger partial charge < -0.3 is 9.73 Å². The van der Waals surface area contributed by atoms with Crippen LogP contribution in [0, 0.1) is 0 Å². The Kier molecular flexibility index (Phi) is 2.95. The summed E-state index contributed by atoms with van der Waals surface area (Å²) in [6.07, 6.45) is 11.0. The molecule has 17 heavy (non-hydrogen) atoms. The summed E-state index contributed by atoms with van der Waals surface area (Å²) in [6, 6.07) is 0.719. The fraction of sp³-hybridized carbons (Fsp3) is 0.786. The van der Waals surface area contributed by atoms with E-state index in [9.17, 15) is 0 Å². The molecule has 3 nitrogen and oxygen atoms in total. The minimum absolute atomic E-state index is 0.296. The van der Waals surface area contributed by atoms with Crippen molar-refractivity contribution in [3.8, 4) is 0 Å². The van der Waals surface area contributed by atoms with Crippen LogP contribution in [0.15, 0.2) is 10.6 Å². The Balaban J connectivity index is 1.69. The van der Waals surface area contributed by atoms with Crippen LogP contribution in [0.3, 0.4) is 0 Å². The Morgan fingerprint density at radius 2 is 2.18 bits per heavy atom. The van der Waals surface area contributed by atoms with Gasteiger partial charge in [0, 0.05) is 11.5 Å². The number of hydrogen-bond acceptors (Lipinski definition) is 3. The maximum Gasteiger partial charge on any atom is 0.208 e. The van der Waals surface area contributed by atoms with E-state index in [1.54, 1.807) is 0 Å². The number of aromatic nitrogens is 1. The third-order valence-corrected chi connectivity index (χ3v) is 4.43. The Morgan fingerprint density at radius 3 is 2.82 bits per heavy atom. The van der Waals surface area contributed by atoms with Crippen LogP contribution < -0.4 is 5.32 Å². The predicted molar refractivity (Wildman–Crippen MR) is 66.8 cm³/mol. The third-order valence-electron chi connectivity index (χ3n) is 4.43. The van der Waals surface area contributed by atoms with E-state index in [0.29, 0.717) is 5.41 Å². The number of hydrogen-bond donors (Lipinski definition) is 1. The van der Waals surface area contributed by atoms with E-state index < -0.39 is 0 Å². The lowest BCUT2D eigenvalue weighted by atomic mass is 9.81. The average molecular weight is 234 g/mol. The highest BCUT2D eigenvalue weighted by Gasteiger charge is 2.37. The second-order valence-corrected chi connectivity index (χ2v) is 5.61. The molecule has 0 aliphatic heterocycles. The zero-order valence-corrected chi connectivity index (χ0v) is 10.7. The first-order valence-corrected chi connectivity index (χ1v) is 7.01. The molecular weight excluding hydrogens is 212 g/mol. The zero-order valence-electron chi connectivity index (χ0n) is 10.7. The smallest absolute Gasteiger partial charge is 0.208 e. The van der Waals surface area contributed by atoms with Crippen molar-refractivity contribution >= 4 is 0 Å². The molecule has 0 bridgehead atoms. The minimum Gasteiger partial charge on any atom is -0.444 e. The van der Waals surface area contributed by atoms with Gasteiger partial charge in [-0.3, -0.25) is 0 Å². The molecule has 1 aromatic rings. The highest BCUT2D eigenvalue weighted by molar-refractivity contribution is 5.13. The molecule has 0 radical (unpaired) electrons. The van der Waals surface area contributed by atoms with Crippen molar-refractivity contribution in [1.82, 2.24) is 10.3 Å². The average Bonchev–Trinajstić information content (AvgIpc) is 2.88. The van der Waals surface area contributed by atoms with Gasteiger partial charge in [0.05, 0.1) is 12.7 Å². The van der Waals surface area contributed by atoms with Gasteiger partial charge in [-0.25, -0.2) is 4.98 Å². The van der Waals surface area contributed by atoms with E-state index in [4.69, 9.17) is 4.42 Å². The standard InChI is InChI=1S/C14H22N2O/c1-2-14(7-3-4-8-14)12-9-16-13(17-12)10-15-11-5-6-11/h9,11,15H,2-8,10H2,1H3. The topological polar surface area (TPSA) is 38.1 Å². The van der Waals surface area contributed by atoms with Crippen molar-refractivity contribution in [3.05, 3.63) is 17.8 Å². The Bertz CT molecular complexity index is 375. The van der Waals surface area contributed by atoms with Crippen LogP contribution in [0.1, 0.15) is 63.5 Å². The van der Waals surface area contributed by atoms with Gasteiger partial charge >= 0.3 is 0 Å². The molecule has 2 aliphatic rings. The lowest BCUT2D eigenvalue weighted by molar-refractivity contribution is 0.313. The second-order valence-electron chi connectivity index (χ2n) is 5.61. The first-order chi connectivity index (χ1) is 8.32. The molecule has 1 aromatic heterocycles. The van der Waals surface area contributed by atoms with Crippen molar-refractivity contribution in [2.24, 2.45) is 0 Å². The monoisotopic (exact) mass is 234 g/mol. The van der Waals surface area contributed by atoms with Crippen molar-refractivity contribution in [2.75, 3.05) is 0 Å². The van der Waals surface area contributed by atoms with Gasteiger partial charge in [0.25, 0.3) is 0 Å². The van der Waals surface area contributed by atoms with E-state index in [-0.39, 0.29) is 0 Å². The number of nitrogens with one attached hydrogen (secondary N) is 1. The molecule has 94 valence electrons. The Hall–Kier alpha value is -0.830. The van der Waals surface area contributed by atoms with Gasteiger partial charge in [-0.1, -0.05) is 19.8 Å². The molecule has 2 aliphatic carbocycles. The molecule has 3 heteroatoms. The van der Waals surface area contributed by atoms with Crippen molar-refractivity contribution in [1.29, 1.82) is 0 Å². The van der Waals surface area contributed by atoms with Crippen LogP contribution in [0.25, 0.3) is 0 Å². The first kappa shape index (κ1) is 11.3. The molecule has 0 atom stereocenters. The van der Waals surface area contributed by atoms with Gasteiger partial charge in [0.15, 0.2) is 0 Å². The summed E-state index contributed by atoms with van der Waals surface area (Å²) in [6.45, 7) is 3.07. The molecule has 3 rings (SSSR count). The highest BCUT2D eigenvalue weighted by atomic mass is 16.4. The molecule has 2 fully saturated rings. The van der Waals surface area contributed by atoms with Crippen LogP contribution in [0.5, 0.6) is 0 Å². The zero-order chi connectivity index (χ0) is 11.7. The summed E-state index contributed by atoms with van der Waals surface area (Å²) in [5, 5.41) is 3.45. The Morgan fingerprint density at radius 1 is 1.41 bits per heavy atom. The number of oxazole rings is 1. The predicted octanol–water partition coefficient (Wildman–Crippen LogP) is 3.15. The van der Waals surface area contributed by atoms with Crippen LogP contribution in [-0.2, 0) is 12.0 Å². The quantitative estimate of drug-likeness (QED) is 0.850. The second kappa shape index (κ2) is 4.45. The summed E-state index contributed by atoms with van der Waals surface area (Å²) in [5.74, 6) is 2.00. The van der Waals surface area contributed by atoms with Gasteiger partial charge in [-0.05, 0) is 32.1 Å². The van der Waals surface area contributed by atoms with Crippen LogP contribution in [0.2, 0.25) is 0 Å². The fourth-order valence-corrected chi connectivity index (χ4v) is 2.98. The van der Waals surface area contributed by atoms with E-state index in [0.717, 1.165) is 24.2 Å². The Labute approximate surface area is 103 Å². The minimum atomic E-state index is 0.296. The summed E-state index contributed by atoms with van der Waals surface area (Å²) in [7, 11) is 0. The van der Waals surface area contributed by atoms with Crippen LogP contribution in [-0.4, -0.2) is 11.0 Å². The van der Waals surface area contributed by atoms with Gasteiger partial charge in [-0.15, -0.1) is 0 Å². The number of nitrogens with zero attached hydrogens (tertiary/aromatic N) is 1. The summed E-state index contributed by atoms with van der Waals surface area (Å²) < 4.78 is 5.97. The summed E-state index contributed by atoms with van der Waals surface area (Å²) in [4.78, 5) is 4.42. The summed E-state index contributed by atoms with van der Waals surface area (Å²) >= 11 is 0. The first-order valence-electron chi connectivity index (χ1n) is 7.01. The van der Waals surface area contributed by atoms with Crippen LogP contribution >= 0.6 is 0 Å². The van der Waals surface area contributed by atoms with E-state index in [1.807, 2.05) is 6.20 Å². The maximum absolute atomic E-state index is 5.97. The maximum atomic E-state index is 5.97. The normalized spacial score (nSPS) is 23.1. The van der Waals surface area contributed by atoms with Crippen molar-refractivity contribution in [3.63, 3.8) is 0 Å². The van der Waals surface area contributed by atoms with E-state index in [2.05, 4.69) is 17.2 Å². The lowest BCUT2D eigenvalue weighted by Gasteiger charge is -2.23. The lowest BCUT2D eigenvalue weighted by Crippen LogP contribution is -2.20.